The zero-order chi connectivity index (χ0) is 17.3. The smallest absolute Gasteiger partial charge is 0.264 e. The second-order valence-electron chi connectivity index (χ2n) is 7.76. The zero-order valence-corrected chi connectivity index (χ0v) is 16.5. The predicted molar refractivity (Wildman–Crippen MR) is 96.1 cm³/mol. The molecule has 0 N–H and O–H groups in total. The molecule has 0 aliphatic heterocycles. The Hall–Kier alpha value is -0.853. The fourth-order valence-corrected chi connectivity index (χ4v) is 7.03. The molecule has 0 radical (unpaired) electrons. The minimum atomic E-state index is -3.44. The molecule has 0 aromatic heterocycles. The summed E-state index contributed by atoms with van der Waals surface area (Å²) in [7, 11) is -4.87. The van der Waals surface area contributed by atoms with E-state index in [0.29, 0.717) is 5.54 Å². The largest absolute Gasteiger partial charge is 0.491 e. The van der Waals surface area contributed by atoms with Gasteiger partial charge in [-0.15, -0.1) is 0 Å². The molecule has 1 aliphatic carbocycles. The first-order valence-corrected chi connectivity index (χ1v) is 13.5. The van der Waals surface area contributed by atoms with Crippen LogP contribution in [0.25, 0.3) is 0 Å². The summed E-state index contributed by atoms with van der Waals surface area (Å²) in [4.78, 5) is 0. The molecular weight excluding hydrogens is 328 g/mol. The van der Waals surface area contributed by atoms with Gasteiger partial charge in [-0.1, -0.05) is 37.8 Å². The van der Waals surface area contributed by atoms with Crippen molar-refractivity contribution in [2.24, 2.45) is 0 Å². The highest BCUT2D eigenvalue weighted by atomic mass is 32.2. The van der Waals surface area contributed by atoms with Crippen molar-refractivity contribution in [2.45, 2.75) is 63.1 Å². The van der Waals surface area contributed by atoms with Crippen molar-refractivity contribution in [3.63, 3.8) is 0 Å². The van der Waals surface area contributed by atoms with Crippen LogP contribution in [-0.2, 0) is 14.3 Å². The van der Waals surface area contributed by atoms with Crippen molar-refractivity contribution in [1.82, 2.24) is 0 Å². The van der Waals surface area contributed by atoms with Gasteiger partial charge in [-0.05, 0) is 43.9 Å². The lowest BCUT2D eigenvalue weighted by molar-refractivity contribution is 0.139. The van der Waals surface area contributed by atoms with Crippen LogP contribution in [0.15, 0.2) is 30.3 Å². The van der Waals surface area contributed by atoms with Crippen LogP contribution in [0.5, 0.6) is 5.75 Å². The molecule has 1 saturated carbocycles. The minimum absolute atomic E-state index is 0.0281. The van der Waals surface area contributed by atoms with Gasteiger partial charge in [0.15, 0.2) is 0 Å². The molecule has 0 amide bonds. The van der Waals surface area contributed by atoms with Gasteiger partial charge in [0.1, 0.15) is 5.75 Å². The third-order valence-electron chi connectivity index (χ3n) is 4.44. The quantitative estimate of drug-likeness (QED) is 0.520. The molecule has 1 aromatic carbocycles. The van der Waals surface area contributed by atoms with E-state index in [0.717, 1.165) is 31.3 Å². The highest BCUT2D eigenvalue weighted by Gasteiger charge is 2.62. The lowest BCUT2D eigenvalue weighted by atomic mass is 10.1. The molecule has 3 atom stereocenters. The van der Waals surface area contributed by atoms with E-state index in [1.165, 1.54) is 0 Å². The Morgan fingerprint density at radius 2 is 1.87 bits per heavy atom. The van der Waals surface area contributed by atoms with E-state index >= 15 is 0 Å². The molecular formula is C17H28O4SSi. The van der Waals surface area contributed by atoms with Crippen LogP contribution in [0.2, 0.25) is 25.2 Å². The van der Waals surface area contributed by atoms with Crippen molar-refractivity contribution < 1.29 is 17.3 Å². The van der Waals surface area contributed by atoms with Crippen molar-refractivity contribution in [2.75, 3.05) is 6.26 Å². The highest BCUT2D eigenvalue weighted by molar-refractivity contribution is 7.86. The molecule has 1 aliphatic rings. The Bertz CT molecular complexity index is 624. The molecule has 6 heteroatoms. The van der Waals surface area contributed by atoms with Crippen LogP contribution in [0, 0.1) is 0 Å². The molecule has 1 unspecified atom stereocenters. The lowest BCUT2D eigenvalue weighted by Gasteiger charge is -2.24. The summed E-state index contributed by atoms with van der Waals surface area (Å²) in [5.74, 6) is 0.843. The Morgan fingerprint density at radius 3 is 2.35 bits per heavy atom. The summed E-state index contributed by atoms with van der Waals surface area (Å²) in [5, 5.41) is 0. The fraction of sp³-hybridized carbons (Fsp3) is 0.647. The molecule has 1 fully saturated rings. The SMILES string of the molecule is CC(CC[C@@]1(OS(C)(=O)=O)C[C@@H]1[Si](C)(C)C)Oc1ccccc1. The minimum Gasteiger partial charge on any atom is -0.491 e. The second kappa shape index (κ2) is 6.57. The topological polar surface area (TPSA) is 52.6 Å². The van der Waals surface area contributed by atoms with Gasteiger partial charge in [-0.25, -0.2) is 0 Å². The van der Waals surface area contributed by atoms with Crippen molar-refractivity contribution in [3.05, 3.63) is 30.3 Å². The van der Waals surface area contributed by atoms with E-state index in [4.69, 9.17) is 8.92 Å². The molecule has 130 valence electrons. The molecule has 23 heavy (non-hydrogen) atoms. The van der Waals surface area contributed by atoms with E-state index < -0.39 is 23.8 Å². The van der Waals surface area contributed by atoms with E-state index in [9.17, 15) is 8.42 Å². The number of hydrogen-bond acceptors (Lipinski definition) is 4. The van der Waals surface area contributed by atoms with Crippen LogP contribution in [-0.4, -0.2) is 34.5 Å². The standard InChI is InChI=1S/C17H28O4SSi/c1-14(20-15-9-7-6-8-10-15)11-12-17(21-22(2,18)19)13-16(17)23(3,4)5/h6-10,14,16H,11-13H2,1-5H3/t14?,16-,17+/m0/s1. The summed E-state index contributed by atoms with van der Waals surface area (Å²) >= 11 is 0. The molecule has 0 bridgehead atoms. The zero-order valence-electron chi connectivity index (χ0n) is 14.7. The van der Waals surface area contributed by atoms with Crippen molar-refractivity contribution >= 4 is 18.2 Å². The van der Waals surface area contributed by atoms with E-state index in [1.54, 1.807) is 0 Å². The maximum atomic E-state index is 11.7. The van der Waals surface area contributed by atoms with E-state index in [1.807, 2.05) is 37.3 Å². The fourth-order valence-electron chi connectivity index (χ4n) is 3.33. The Labute approximate surface area is 141 Å². The van der Waals surface area contributed by atoms with Gasteiger partial charge in [0.05, 0.1) is 26.0 Å². The first kappa shape index (κ1) is 18.5. The van der Waals surface area contributed by atoms with Gasteiger partial charge in [-0.3, -0.25) is 4.18 Å². The van der Waals surface area contributed by atoms with Gasteiger partial charge < -0.3 is 4.74 Å². The summed E-state index contributed by atoms with van der Waals surface area (Å²) in [6, 6.07) is 9.70. The van der Waals surface area contributed by atoms with Gasteiger partial charge in [0.25, 0.3) is 10.1 Å². The number of hydrogen-bond donors (Lipinski definition) is 0. The Kier molecular flexibility index (Phi) is 5.28. The average molecular weight is 357 g/mol. The van der Waals surface area contributed by atoms with Gasteiger partial charge in [-0.2, -0.15) is 8.42 Å². The van der Waals surface area contributed by atoms with Gasteiger partial charge in [0, 0.05) is 0 Å². The third-order valence-corrected chi connectivity index (χ3v) is 7.90. The summed E-state index contributed by atoms with van der Waals surface area (Å²) in [5.41, 5.74) is -0.0968. The highest BCUT2D eigenvalue weighted by Crippen LogP contribution is 2.61. The Balaban J connectivity index is 1.97. The average Bonchev–Trinajstić information content (AvgIpc) is 3.10. The number of para-hydroxylation sites is 1. The third kappa shape index (κ3) is 5.33. The first-order valence-electron chi connectivity index (χ1n) is 8.14. The second-order valence-corrected chi connectivity index (χ2v) is 14.8. The monoisotopic (exact) mass is 356 g/mol. The first-order chi connectivity index (χ1) is 10.5. The van der Waals surface area contributed by atoms with Crippen molar-refractivity contribution in [1.29, 1.82) is 0 Å². The van der Waals surface area contributed by atoms with Gasteiger partial charge >= 0.3 is 0 Å². The lowest BCUT2D eigenvalue weighted by Crippen LogP contribution is -2.31. The maximum Gasteiger partial charge on any atom is 0.264 e. The summed E-state index contributed by atoms with van der Waals surface area (Å²) in [6.45, 7) is 8.84. The molecule has 0 spiro atoms. The van der Waals surface area contributed by atoms with Crippen molar-refractivity contribution in [3.8, 4) is 5.75 Å². The number of rotatable bonds is 8. The predicted octanol–water partition coefficient (Wildman–Crippen LogP) is 4.06. The molecule has 2 rings (SSSR count). The molecule has 0 saturated heterocycles. The van der Waals surface area contributed by atoms with Crippen LogP contribution in [0.1, 0.15) is 26.2 Å². The molecule has 4 nitrogen and oxygen atoms in total. The van der Waals surface area contributed by atoms with Crippen LogP contribution >= 0.6 is 0 Å². The molecule has 0 heterocycles. The van der Waals surface area contributed by atoms with Crippen LogP contribution in [0.4, 0.5) is 0 Å². The summed E-state index contributed by atoms with van der Waals surface area (Å²) in [6.07, 6.45) is 3.54. The Morgan fingerprint density at radius 1 is 1.26 bits per heavy atom. The molecule has 1 aromatic rings. The maximum absolute atomic E-state index is 11.7. The van der Waals surface area contributed by atoms with Crippen LogP contribution in [0.3, 0.4) is 0 Å². The van der Waals surface area contributed by atoms with E-state index in [2.05, 4.69) is 19.6 Å². The number of benzene rings is 1. The van der Waals surface area contributed by atoms with Gasteiger partial charge in [0.2, 0.25) is 0 Å². The number of ether oxygens (including phenoxy) is 1. The van der Waals surface area contributed by atoms with E-state index in [-0.39, 0.29) is 6.10 Å². The van der Waals surface area contributed by atoms with Crippen LogP contribution < -0.4 is 4.74 Å². The normalized spacial score (nSPS) is 25.9. The summed E-state index contributed by atoms with van der Waals surface area (Å²) < 4.78 is 34.7.